The molecule has 0 unspecified atom stereocenters. The van der Waals surface area contributed by atoms with E-state index in [0.29, 0.717) is 5.15 Å². The Bertz CT molecular complexity index is 676. The molecule has 22 heavy (non-hydrogen) atoms. The van der Waals surface area contributed by atoms with Gasteiger partial charge in [0, 0.05) is 31.9 Å². The number of aromatic nitrogens is 1. The van der Waals surface area contributed by atoms with Crippen molar-refractivity contribution in [2.75, 3.05) is 36.0 Å². The standard InChI is InChI=1S/C18H22ClN3/c1-13-5-4-6-16(14(13)2)21-9-11-22(12-10-21)17-7-8-18(19)20-15(17)3/h4-8H,9-12H2,1-3H3. The molecule has 0 bridgehead atoms. The number of aryl methyl sites for hydroxylation is 2. The maximum atomic E-state index is 5.95. The third-order valence-electron chi connectivity index (χ3n) is 4.56. The summed E-state index contributed by atoms with van der Waals surface area (Å²) in [5, 5.41) is 0.565. The second-order valence-corrected chi connectivity index (χ2v) is 6.32. The smallest absolute Gasteiger partial charge is 0.129 e. The van der Waals surface area contributed by atoms with E-state index < -0.39 is 0 Å². The van der Waals surface area contributed by atoms with Crippen LogP contribution in [0.15, 0.2) is 30.3 Å². The molecule has 2 heterocycles. The summed E-state index contributed by atoms with van der Waals surface area (Å²) >= 11 is 5.95. The van der Waals surface area contributed by atoms with Crippen molar-refractivity contribution in [2.24, 2.45) is 0 Å². The van der Waals surface area contributed by atoms with Gasteiger partial charge in [0.15, 0.2) is 0 Å². The highest BCUT2D eigenvalue weighted by molar-refractivity contribution is 6.29. The van der Waals surface area contributed by atoms with E-state index in [2.05, 4.69) is 52.9 Å². The summed E-state index contributed by atoms with van der Waals surface area (Å²) in [6.45, 7) is 10.5. The molecule has 1 aliphatic rings. The molecule has 3 nitrogen and oxygen atoms in total. The minimum Gasteiger partial charge on any atom is -0.368 e. The van der Waals surface area contributed by atoms with Gasteiger partial charge in [-0.3, -0.25) is 0 Å². The van der Waals surface area contributed by atoms with Crippen molar-refractivity contribution in [1.82, 2.24) is 4.98 Å². The monoisotopic (exact) mass is 315 g/mol. The first kappa shape index (κ1) is 15.2. The van der Waals surface area contributed by atoms with E-state index in [1.165, 1.54) is 22.5 Å². The lowest BCUT2D eigenvalue weighted by atomic mass is 10.1. The lowest BCUT2D eigenvalue weighted by molar-refractivity contribution is 0.650. The Labute approximate surface area is 137 Å². The van der Waals surface area contributed by atoms with Crippen LogP contribution in [0.1, 0.15) is 16.8 Å². The molecule has 1 aromatic heterocycles. The maximum Gasteiger partial charge on any atom is 0.129 e. The van der Waals surface area contributed by atoms with Crippen molar-refractivity contribution in [3.63, 3.8) is 0 Å². The molecule has 0 radical (unpaired) electrons. The molecule has 0 saturated carbocycles. The van der Waals surface area contributed by atoms with Gasteiger partial charge in [-0.2, -0.15) is 0 Å². The molecule has 4 heteroatoms. The number of hydrogen-bond acceptors (Lipinski definition) is 3. The fourth-order valence-electron chi connectivity index (χ4n) is 3.12. The van der Waals surface area contributed by atoms with Crippen LogP contribution >= 0.6 is 11.6 Å². The Hall–Kier alpha value is -1.74. The summed E-state index contributed by atoms with van der Waals surface area (Å²) in [6.07, 6.45) is 0. The molecule has 1 fully saturated rings. The van der Waals surface area contributed by atoms with Crippen molar-refractivity contribution in [3.8, 4) is 0 Å². The Kier molecular flexibility index (Phi) is 4.25. The van der Waals surface area contributed by atoms with Gasteiger partial charge < -0.3 is 9.80 Å². The van der Waals surface area contributed by atoms with Gasteiger partial charge in [-0.05, 0) is 50.1 Å². The van der Waals surface area contributed by atoms with Crippen LogP contribution in [0.5, 0.6) is 0 Å². The van der Waals surface area contributed by atoms with E-state index >= 15 is 0 Å². The fraction of sp³-hybridized carbons (Fsp3) is 0.389. The molecule has 0 spiro atoms. The molecule has 0 amide bonds. The lowest BCUT2D eigenvalue weighted by Crippen LogP contribution is -2.47. The molecular weight excluding hydrogens is 294 g/mol. The number of halogens is 1. The van der Waals surface area contributed by atoms with Gasteiger partial charge in [-0.15, -0.1) is 0 Å². The van der Waals surface area contributed by atoms with Gasteiger partial charge in [-0.25, -0.2) is 4.98 Å². The number of piperazine rings is 1. The number of rotatable bonds is 2. The zero-order valence-electron chi connectivity index (χ0n) is 13.4. The first-order chi connectivity index (χ1) is 10.6. The van der Waals surface area contributed by atoms with Crippen LogP contribution in [0.25, 0.3) is 0 Å². The van der Waals surface area contributed by atoms with Crippen LogP contribution in [-0.4, -0.2) is 31.2 Å². The van der Waals surface area contributed by atoms with Crippen LogP contribution < -0.4 is 9.80 Å². The van der Waals surface area contributed by atoms with Crippen molar-refractivity contribution in [1.29, 1.82) is 0 Å². The van der Waals surface area contributed by atoms with E-state index in [9.17, 15) is 0 Å². The van der Waals surface area contributed by atoms with Crippen LogP contribution in [-0.2, 0) is 0 Å². The lowest BCUT2D eigenvalue weighted by Gasteiger charge is -2.38. The van der Waals surface area contributed by atoms with E-state index in [-0.39, 0.29) is 0 Å². The van der Waals surface area contributed by atoms with Gasteiger partial charge in [0.2, 0.25) is 0 Å². The SMILES string of the molecule is Cc1cccc(N2CCN(c3ccc(Cl)nc3C)CC2)c1C. The highest BCUT2D eigenvalue weighted by Crippen LogP contribution is 2.26. The second kappa shape index (κ2) is 6.17. The number of anilines is 2. The van der Waals surface area contributed by atoms with E-state index in [1.54, 1.807) is 0 Å². The number of pyridine rings is 1. The third-order valence-corrected chi connectivity index (χ3v) is 4.77. The first-order valence-electron chi connectivity index (χ1n) is 7.75. The van der Waals surface area contributed by atoms with Crippen molar-refractivity contribution in [2.45, 2.75) is 20.8 Å². The van der Waals surface area contributed by atoms with Gasteiger partial charge in [-0.1, -0.05) is 23.7 Å². The van der Waals surface area contributed by atoms with E-state index in [1.807, 2.05) is 13.0 Å². The summed E-state index contributed by atoms with van der Waals surface area (Å²) < 4.78 is 0. The van der Waals surface area contributed by atoms with E-state index in [0.717, 1.165) is 31.9 Å². The van der Waals surface area contributed by atoms with Crippen LogP contribution in [0, 0.1) is 20.8 Å². The van der Waals surface area contributed by atoms with Crippen LogP contribution in [0.3, 0.4) is 0 Å². The average Bonchev–Trinajstić information content (AvgIpc) is 2.50. The molecule has 1 aromatic carbocycles. The third kappa shape index (κ3) is 2.91. The molecule has 1 saturated heterocycles. The molecule has 0 atom stereocenters. The zero-order valence-corrected chi connectivity index (χ0v) is 14.2. The minimum absolute atomic E-state index is 0.565. The second-order valence-electron chi connectivity index (χ2n) is 5.93. The summed E-state index contributed by atoms with van der Waals surface area (Å²) in [4.78, 5) is 9.25. The van der Waals surface area contributed by atoms with E-state index in [4.69, 9.17) is 11.6 Å². The van der Waals surface area contributed by atoms with Gasteiger partial charge >= 0.3 is 0 Å². The van der Waals surface area contributed by atoms with Gasteiger partial charge in [0.1, 0.15) is 5.15 Å². The minimum atomic E-state index is 0.565. The molecule has 2 aromatic rings. The predicted octanol–water partition coefficient (Wildman–Crippen LogP) is 3.99. The largest absolute Gasteiger partial charge is 0.368 e. The summed E-state index contributed by atoms with van der Waals surface area (Å²) in [7, 11) is 0. The van der Waals surface area contributed by atoms with Gasteiger partial charge in [0.05, 0.1) is 11.4 Å². The summed E-state index contributed by atoms with van der Waals surface area (Å²) in [6, 6.07) is 10.5. The first-order valence-corrected chi connectivity index (χ1v) is 8.13. The zero-order chi connectivity index (χ0) is 15.7. The number of benzene rings is 1. The molecule has 116 valence electrons. The van der Waals surface area contributed by atoms with Gasteiger partial charge in [0.25, 0.3) is 0 Å². The Morgan fingerprint density at radius 1 is 0.864 bits per heavy atom. The molecule has 3 rings (SSSR count). The number of nitrogens with zero attached hydrogens (tertiary/aromatic N) is 3. The molecule has 0 N–H and O–H groups in total. The highest BCUT2D eigenvalue weighted by atomic mass is 35.5. The fourth-order valence-corrected chi connectivity index (χ4v) is 3.31. The van der Waals surface area contributed by atoms with Crippen LogP contribution in [0.2, 0.25) is 5.15 Å². The predicted molar refractivity (Wildman–Crippen MR) is 94.3 cm³/mol. The molecule has 1 aliphatic heterocycles. The quantitative estimate of drug-likeness (QED) is 0.781. The van der Waals surface area contributed by atoms with Crippen molar-refractivity contribution in [3.05, 3.63) is 52.3 Å². The van der Waals surface area contributed by atoms with Crippen LogP contribution in [0.4, 0.5) is 11.4 Å². The topological polar surface area (TPSA) is 19.4 Å². The normalized spacial score (nSPS) is 15.3. The Morgan fingerprint density at radius 2 is 1.50 bits per heavy atom. The Balaban J connectivity index is 1.74. The molecular formula is C18H22ClN3. The Morgan fingerprint density at radius 3 is 2.14 bits per heavy atom. The van der Waals surface area contributed by atoms with Crippen molar-refractivity contribution < 1.29 is 0 Å². The summed E-state index contributed by atoms with van der Waals surface area (Å²) in [5.74, 6) is 0. The average molecular weight is 316 g/mol. The summed E-state index contributed by atoms with van der Waals surface area (Å²) in [5.41, 5.74) is 6.32. The maximum absolute atomic E-state index is 5.95. The molecule has 0 aliphatic carbocycles. The van der Waals surface area contributed by atoms with Crippen molar-refractivity contribution >= 4 is 23.0 Å². The highest BCUT2D eigenvalue weighted by Gasteiger charge is 2.20. The number of hydrogen-bond donors (Lipinski definition) is 0.